The molecule has 0 spiro atoms. The Labute approximate surface area is 204 Å². The van der Waals surface area contributed by atoms with E-state index in [0.717, 1.165) is 23.1 Å². The second-order valence-electron chi connectivity index (χ2n) is 8.75. The fourth-order valence-corrected chi connectivity index (χ4v) is 4.24. The summed E-state index contributed by atoms with van der Waals surface area (Å²) >= 11 is 0. The van der Waals surface area contributed by atoms with Crippen molar-refractivity contribution in [1.82, 2.24) is 20.4 Å². The number of aliphatic hydroxyl groups is 1. The molecule has 0 radical (unpaired) electrons. The third-order valence-electron chi connectivity index (χ3n) is 5.98. The van der Waals surface area contributed by atoms with Crippen LogP contribution in [0.5, 0.6) is 5.75 Å². The maximum atomic E-state index is 12.4. The molecule has 1 aliphatic rings. The van der Waals surface area contributed by atoms with Crippen molar-refractivity contribution in [3.63, 3.8) is 0 Å². The number of benzene rings is 2. The predicted octanol–water partition coefficient (Wildman–Crippen LogP) is 2.84. The van der Waals surface area contributed by atoms with Gasteiger partial charge in [0.1, 0.15) is 11.8 Å². The van der Waals surface area contributed by atoms with E-state index in [2.05, 4.69) is 21.5 Å². The highest BCUT2D eigenvalue weighted by atomic mass is 16.5. The van der Waals surface area contributed by atoms with E-state index in [0.29, 0.717) is 48.2 Å². The zero-order valence-corrected chi connectivity index (χ0v) is 20.2. The molecule has 0 saturated carbocycles. The molecule has 2 heterocycles. The van der Waals surface area contributed by atoms with Gasteiger partial charge in [-0.15, -0.1) is 0 Å². The summed E-state index contributed by atoms with van der Waals surface area (Å²) in [6.45, 7) is 7.67. The predicted molar refractivity (Wildman–Crippen MR) is 129 cm³/mol. The number of aromatic nitrogens is 2. The van der Waals surface area contributed by atoms with Crippen molar-refractivity contribution in [3.05, 3.63) is 52.6 Å². The van der Waals surface area contributed by atoms with Crippen molar-refractivity contribution in [1.29, 1.82) is 5.26 Å². The van der Waals surface area contributed by atoms with Crippen molar-refractivity contribution >= 4 is 5.91 Å². The van der Waals surface area contributed by atoms with Crippen molar-refractivity contribution in [2.45, 2.75) is 39.8 Å². The van der Waals surface area contributed by atoms with Gasteiger partial charge in [-0.1, -0.05) is 17.3 Å². The van der Waals surface area contributed by atoms with Gasteiger partial charge >= 0.3 is 0 Å². The third kappa shape index (κ3) is 5.34. The van der Waals surface area contributed by atoms with E-state index >= 15 is 0 Å². The zero-order chi connectivity index (χ0) is 24.9. The Morgan fingerprint density at radius 3 is 2.91 bits per heavy atom. The molecule has 2 N–H and O–H groups in total. The number of carbonyl (C=O) groups is 1. The maximum Gasteiger partial charge on any atom is 0.258 e. The zero-order valence-electron chi connectivity index (χ0n) is 20.2. The Bertz CT molecular complexity index is 1260. The molecule has 3 aromatic rings. The summed E-state index contributed by atoms with van der Waals surface area (Å²) < 4.78 is 11.2. The molecule has 0 atom stereocenters. The van der Waals surface area contributed by atoms with Crippen molar-refractivity contribution < 1.29 is 19.2 Å². The molecule has 0 aliphatic carbocycles. The lowest BCUT2D eigenvalue weighted by Gasteiger charge is -2.30. The summed E-state index contributed by atoms with van der Waals surface area (Å²) in [6.07, 6.45) is 0.706. The Morgan fingerprint density at radius 1 is 1.34 bits per heavy atom. The van der Waals surface area contributed by atoms with Gasteiger partial charge < -0.3 is 24.6 Å². The normalized spacial score (nSPS) is 13.0. The molecule has 35 heavy (non-hydrogen) atoms. The fraction of sp³-hybridized carbons (Fsp3) is 0.385. The Kier molecular flexibility index (Phi) is 7.44. The van der Waals surface area contributed by atoms with Crippen LogP contribution in [-0.2, 0) is 17.8 Å². The molecule has 2 aromatic carbocycles. The first-order chi connectivity index (χ1) is 16.9. The van der Waals surface area contributed by atoms with Crippen molar-refractivity contribution in [3.8, 4) is 34.7 Å². The van der Waals surface area contributed by atoms with E-state index in [1.165, 1.54) is 5.56 Å². The SMILES string of the molecule is Cc1c(-c2noc(-c3ccc(OC(C)C)c(C#N)c3)n2)ccc2c1CCN(C(=O)CNCCO)C2. The summed E-state index contributed by atoms with van der Waals surface area (Å²) in [5.74, 6) is 1.35. The number of amides is 1. The molecule has 9 nitrogen and oxygen atoms in total. The maximum absolute atomic E-state index is 12.4. The van der Waals surface area contributed by atoms with Gasteiger partial charge in [-0.3, -0.25) is 4.79 Å². The number of aliphatic hydroxyl groups excluding tert-OH is 1. The summed E-state index contributed by atoms with van der Waals surface area (Å²) in [6, 6.07) is 11.4. The molecule has 0 unspecified atom stereocenters. The molecular weight excluding hydrogens is 446 g/mol. The first kappa shape index (κ1) is 24.4. The Hall–Kier alpha value is -3.74. The standard InChI is InChI=1S/C26H29N5O4/c1-16(2)34-23-7-5-18(12-20(23)13-27)26-29-25(30-35-26)22-6-4-19-15-31(10-8-21(19)17(22)3)24(33)14-28-9-11-32/h4-7,12,16,28,32H,8-11,14-15H2,1-3H3. The molecule has 9 heteroatoms. The minimum Gasteiger partial charge on any atom is -0.490 e. The average Bonchev–Trinajstić information content (AvgIpc) is 3.34. The number of nitrogens with zero attached hydrogens (tertiary/aromatic N) is 4. The number of hydrogen-bond acceptors (Lipinski definition) is 8. The van der Waals surface area contributed by atoms with Gasteiger partial charge in [0, 0.05) is 30.8 Å². The highest BCUT2D eigenvalue weighted by Crippen LogP contribution is 2.32. The lowest BCUT2D eigenvalue weighted by Crippen LogP contribution is -2.41. The van der Waals surface area contributed by atoms with Gasteiger partial charge in [0.05, 0.1) is 24.8 Å². The molecule has 1 aromatic heterocycles. The van der Waals surface area contributed by atoms with E-state index in [4.69, 9.17) is 14.4 Å². The molecule has 4 rings (SSSR count). The lowest BCUT2D eigenvalue weighted by molar-refractivity contribution is -0.131. The molecule has 0 bridgehead atoms. The average molecular weight is 476 g/mol. The molecule has 0 fully saturated rings. The molecule has 1 aliphatic heterocycles. The number of ether oxygens (including phenoxy) is 1. The van der Waals surface area contributed by atoms with Crippen LogP contribution in [0.1, 0.15) is 36.1 Å². The van der Waals surface area contributed by atoms with E-state index in [1.807, 2.05) is 37.8 Å². The van der Waals surface area contributed by atoms with Gasteiger partial charge in [-0.25, -0.2) is 0 Å². The van der Waals surface area contributed by atoms with Crippen LogP contribution in [0.3, 0.4) is 0 Å². The van der Waals surface area contributed by atoms with Gasteiger partial charge in [-0.05, 0) is 62.1 Å². The van der Waals surface area contributed by atoms with Gasteiger partial charge in [0.15, 0.2) is 0 Å². The minimum atomic E-state index is -0.0388. The van der Waals surface area contributed by atoms with Crippen LogP contribution >= 0.6 is 0 Å². The van der Waals surface area contributed by atoms with E-state index in [1.54, 1.807) is 18.2 Å². The summed E-state index contributed by atoms with van der Waals surface area (Å²) in [5.41, 5.74) is 5.31. The molecular formula is C26H29N5O4. The van der Waals surface area contributed by atoms with Gasteiger partial charge in [-0.2, -0.15) is 10.2 Å². The number of carbonyl (C=O) groups excluding carboxylic acids is 1. The largest absolute Gasteiger partial charge is 0.490 e. The van der Waals surface area contributed by atoms with Crippen LogP contribution in [0.4, 0.5) is 0 Å². The first-order valence-electron chi connectivity index (χ1n) is 11.7. The fourth-order valence-electron chi connectivity index (χ4n) is 4.24. The topological polar surface area (TPSA) is 125 Å². The number of nitriles is 1. The summed E-state index contributed by atoms with van der Waals surface area (Å²) in [4.78, 5) is 18.9. The highest BCUT2D eigenvalue weighted by molar-refractivity contribution is 5.79. The van der Waals surface area contributed by atoms with Crippen LogP contribution in [0.15, 0.2) is 34.9 Å². The van der Waals surface area contributed by atoms with Gasteiger partial charge in [0.2, 0.25) is 11.7 Å². The van der Waals surface area contributed by atoms with Crippen LogP contribution < -0.4 is 10.1 Å². The summed E-state index contributed by atoms with van der Waals surface area (Å²) in [5, 5.41) is 25.5. The second kappa shape index (κ2) is 10.7. The van der Waals surface area contributed by atoms with Crippen LogP contribution in [0, 0.1) is 18.3 Å². The van der Waals surface area contributed by atoms with E-state index < -0.39 is 0 Å². The monoisotopic (exact) mass is 475 g/mol. The molecule has 0 saturated heterocycles. The van der Waals surface area contributed by atoms with Crippen LogP contribution in [0.2, 0.25) is 0 Å². The molecule has 1 amide bonds. The van der Waals surface area contributed by atoms with Crippen molar-refractivity contribution in [2.24, 2.45) is 0 Å². The van der Waals surface area contributed by atoms with E-state index in [-0.39, 0.29) is 25.2 Å². The van der Waals surface area contributed by atoms with Gasteiger partial charge in [0.25, 0.3) is 5.89 Å². The number of nitrogens with one attached hydrogen (secondary N) is 1. The summed E-state index contributed by atoms with van der Waals surface area (Å²) in [7, 11) is 0. The number of fused-ring (bicyclic) bond motifs is 1. The van der Waals surface area contributed by atoms with Crippen molar-refractivity contribution in [2.75, 3.05) is 26.2 Å². The first-order valence-corrected chi connectivity index (χ1v) is 11.7. The van der Waals surface area contributed by atoms with Crippen LogP contribution in [0.25, 0.3) is 22.8 Å². The number of rotatable bonds is 8. The second-order valence-corrected chi connectivity index (χ2v) is 8.75. The lowest BCUT2D eigenvalue weighted by atomic mass is 9.91. The Balaban J connectivity index is 1.54. The highest BCUT2D eigenvalue weighted by Gasteiger charge is 2.24. The van der Waals surface area contributed by atoms with Crippen LogP contribution in [-0.4, -0.2) is 58.4 Å². The Morgan fingerprint density at radius 2 is 2.17 bits per heavy atom. The number of hydrogen-bond donors (Lipinski definition) is 2. The third-order valence-corrected chi connectivity index (χ3v) is 5.98. The minimum absolute atomic E-state index is 0.00717. The smallest absolute Gasteiger partial charge is 0.258 e. The molecule has 182 valence electrons. The quantitative estimate of drug-likeness (QED) is 0.477. The van der Waals surface area contributed by atoms with E-state index in [9.17, 15) is 10.1 Å².